The van der Waals surface area contributed by atoms with Crippen molar-refractivity contribution < 1.29 is 0 Å². The van der Waals surface area contributed by atoms with E-state index < -0.39 is 0 Å². The van der Waals surface area contributed by atoms with E-state index in [1.54, 1.807) is 18.6 Å². The molecule has 98 valence electrons. The quantitative estimate of drug-likeness (QED) is 0.710. The SMILES string of the molecule is Nc1ccc(Nc2ncc(-c3ccccn3)cn2)cc1. The second-order valence-corrected chi connectivity index (χ2v) is 4.26. The van der Waals surface area contributed by atoms with E-state index in [9.17, 15) is 0 Å². The van der Waals surface area contributed by atoms with Crippen LogP contribution in [0.4, 0.5) is 17.3 Å². The van der Waals surface area contributed by atoms with Crippen LogP contribution in [0.5, 0.6) is 0 Å². The second-order valence-electron chi connectivity index (χ2n) is 4.26. The normalized spacial score (nSPS) is 10.2. The van der Waals surface area contributed by atoms with Crippen molar-refractivity contribution >= 4 is 17.3 Å². The number of nitrogen functional groups attached to an aromatic ring is 1. The molecule has 0 spiro atoms. The lowest BCUT2D eigenvalue weighted by Crippen LogP contribution is -1.97. The van der Waals surface area contributed by atoms with Crippen molar-refractivity contribution in [3.05, 3.63) is 61.1 Å². The van der Waals surface area contributed by atoms with Crippen molar-refractivity contribution in [1.82, 2.24) is 15.0 Å². The van der Waals surface area contributed by atoms with Gasteiger partial charge in [-0.3, -0.25) is 4.98 Å². The molecule has 0 aliphatic carbocycles. The van der Waals surface area contributed by atoms with Crippen molar-refractivity contribution in [3.8, 4) is 11.3 Å². The van der Waals surface area contributed by atoms with E-state index in [4.69, 9.17) is 5.73 Å². The summed E-state index contributed by atoms with van der Waals surface area (Å²) in [6.07, 6.45) is 5.24. The molecule has 0 amide bonds. The van der Waals surface area contributed by atoms with Gasteiger partial charge >= 0.3 is 0 Å². The molecule has 5 heteroatoms. The lowest BCUT2D eigenvalue weighted by Gasteiger charge is -2.05. The van der Waals surface area contributed by atoms with Crippen LogP contribution in [0.25, 0.3) is 11.3 Å². The van der Waals surface area contributed by atoms with Crippen LogP contribution < -0.4 is 11.1 Å². The number of rotatable bonds is 3. The minimum absolute atomic E-state index is 0.537. The first-order valence-corrected chi connectivity index (χ1v) is 6.17. The minimum atomic E-state index is 0.537. The third kappa shape index (κ3) is 2.72. The Morgan fingerprint density at radius 1 is 0.850 bits per heavy atom. The van der Waals surface area contributed by atoms with E-state index >= 15 is 0 Å². The van der Waals surface area contributed by atoms with Gasteiger partial charge in [0, 0.05) is 35.5 Å². The van der Waals surface area contributed by atoms with Gasteiger partial charge in [-0.05, 0) is 36.4 Å². The van der Waals surface area contributed by atoms with Gasteiger partial charge in [-0.25, -0.2) is 9.97 Å². The summed E-state index contributed by atoms with van der Waals surface area (Å²) in [5, 5.41) is 3.11. The molecule has 0 fully saturated rings. The monoisotopic (exact) mass is 263 g/mol. The van der Waals surface area contributed by atoms with Gasteiger partial charge in [-0.15, -0.1) is 0 Å². The lowest BCUT2D eigenvalue weighted by molar-refractivity contribution is 1.16. The maximum absolute atomic E-state index is 5.64. The van der Waals surface area contributed by atoms with E-state index in [-0.39, 0.29) is 0 Å². The van der Waals surface area contributed by atoms with E-state index in [0.29, 0.717) is 5.95 Å². The molecule has 0 radical (unpaired) electrons. The molecular formula is C15H13N5. The van der Waals surface area contributed by atoms with Gasteiger partial charge in [0.25, 0.3) is 0 Å². The Morgan fingerprint density at radius 3 is 2.25 bits per heavy atom. The number of aromatic nitrogens is 3. The smallest absolute Gasteiger partial charge is 0.227 e. The number of benzene rings is 1. The number of hydrogen-bond acceptors (Lipinski definition) is 5. The molecule has 0 aliphatic heterocycles. The lowest BCUT2D eigenvalue weighted by atomic mass is 10.2. The summed E-state index contributed by atoms with van der Waals surface area (Å²) in [6, 6.07) is 13.1. The number of pyridine rings is 1. The Hall–Kier alpha value is -2.95. The predicted octanol–water partition coefficient (Wildman–Crippen LogP) is 2.86. The van der Waals surface area contributed by atoms with Gasteiger partial charge in [-0.2, -0.15) is 0 Å². The summed E-state index contributed by atoms with van der Waals surface area (Å²) >= 11 is 0. The fourth-order valence-electron chi connectivity index (χ4n) is 1.75. The molecule has 5 nitrogen and oxygen atoms in total. The van der Waals surface area contributed by atoms with E-state index in [1.165, 1.54) is 0 Å². The van der Waals surface area contributed by atoms with Gasteiger partial charge in [0.1, 0.15) is 0 Å². The van der Waals surface area contributed by atoms with Crippen LogP contribution in [0.2, 0.25) is 0 Å². The predicted molar refractivity (Wildman–Crippen MR) is 79.4 cm³/mol. The Bertz CT molecular complexity index is 678. The van der Waals surface area contributed by atoms with Crippen LogP contribution in [0.3, 0.4) is 0 Å². The molecule has 3 aromatic rings. The molecule has 0 saturated heterocycles. The maximum Gasteiger partial charge on any atom is 0.227 e. The molecule has 2 aromatic heterocycles. The van der Waals surface area contributed by atoms with Crippen LogP contribution in [0.1, 0.15) is 0 Å². The molecule has 0 unspecified atom stereocenters. The summed E-state index contributed by atoms with van der Waals surface area (Å²) in [6.45, 7) is 0. The Balaban J connectivity index is 1.78. The molecule has 0 saturated carbocycles. The van der Waals surface area contributed by atoms with Gasteiger partial charge in [0.15, 0.2) is 0 Å². The highest BCUT2D eigenvalue weighted by Gasteiger charge is 2.01. The van der Waals surface area contributed by atoms with Crippen molar-refractivity contribution in [2.45, 2.75) is 0 Å². The zero-order valence-corrected chi connectivity index (χ0v) is 10.7. The molecule has 3 N–H and O–H groups in total. The minimum Gasteiger partial charge on any atom is -0.399 e. The molecule has 20 heavy (non-hydrogen) atoms. The Kier molecular flexibility index (Phi) is 3.24. The first-order chi connectivity index (χ1) is 9.81. The van der Waals surface area contributed by atoms with Crippen LogP contribution in [-0.4, -0.2) is 15.0 Å². The third-order valence-electron chi connectivity index (χ3n) is 2.78. The molecule has 0 atom stereocenters. The summed E-state index contributed by atoms with van der Waals surface area (Å²) in [5.74, 6) is 0.537. The van der Waals surface area contributed by atoms with Crippen LogP contribution >= 0.6 is 0 Å². The number of hydrogen-bond donors (Lipinski definition) is 2. The van der Waals surface area contributed by atoms with Crippen molar-refractivity contribution in [3.63, 3.8) is 0 Å². The molecule has 1 aromatic carbocycles. The van der Waals surface area contributed by atoms with Gasteiger partial charge < -0.3 is 11.1 Å². The first-order valence-electron chi connectivity index (χ1n) is 6.17. The van der Waals surface area contributed by atoms with Gasteiger partial charge in [-0.1, -0.05) is 6.07 Å². The Morgan fingerprint density at radius 2 is 1.60 bits per heavy atom. The molecular weight excluding hydrogens is 250 g/mol. The van der Waals surface area contributed by atoms with Gasteiger partial charge in [0.05, 0.1) is 5.69 Å². The van der Waals surface area contributed by atoms with Crippen molar-refractivity contribution in [1.29, 1.82) is 0 Å². The standard InChI is InChI=1S/C15H13N5/c16-12-4-6-13(7-5-12)20-15-18-9-11(10-19-15)14-3-1-2-8-17-14/h1-10H,16H2,(H,18,19,20). The first kappa shape index (κ1) is 12.1. The number of anilines is 3. The fourth-order valence-corrected chi connectivity index (χ4v) is 1.75. The van der Waals surface area contributed by atoms with Crippen LogP contribution in [-0.2, 0) is 0 Å². The molecule has 0 bridgehead atoms. The van der Waals surface area contributed by atoms with E-state index in [2.05, 4.69) is 20.3 Å². The largest absolute Gasteiger partial charge is 0.399 e. The zero-order chi connectivity index (χ0) is 13.8. The Labute approximate surface area is 116 Å². The topological polar surface area (TPSA) is 76.7 Å². The maximum atomic E-state index is 5.64. The fraction of sp³-hybridized carbons (Fsp3) is 0. The summed E-state index contributed by atoms with van der Waals surface area (Å²) in [4.78, 5) is 12.8. The summed E-state index contributed by atoms with van der Waals surface area (Å²) < 4.78 is 0. The third-order valence-corrected chi connectivity index (χ3v) is 2.78. The second kappa shape index (κ2) is 5.36. The number of nitrogens with two attached hydrogens (primary N) is 1. The highest BCUT2D eigenvalue weighted by Crippen LogP contribution is 2.17. The van der Waals surface area contributed by atoms with Gasteiger partial charge in [0.2, 0.25) is 5.95 Å². The van der Waals surface area contributed by atoms with Crippen molar-refractivity contribution in [2.24, 2.45) is 0 Å². The number of nitrogens with one attached hydrogen (secondary N) is 1. The zero-order valence-electron chi connectivity index (χ0n) is 10.7. The highest BCUT2D eigenvalue weighted by molar-refractivity contribution is 5.60. The van der Waals surface area contributed by atoms with E-state index in [0.717, 1.165) is 22.6 Å². The average molecular weight is 263 g/mol. The summed E-state index contributed by atoms with van der Waals surface area (Å²) in [5.41, 5.74) is 8.99. The highest BCUT2D eigenvalue weighted by atomic mass is 15.1. The van der Waals surface area contributed by atoms with Crippen molar-refractivity contribution in [2.75, 3.05) is 11.1 Å². The summed E-state index contributed by atoms with van der Waals surface area (Å²) in [7, 11) is 0. The molecule has 3 rings (SSSR count). The molecule has 0 aliphatic rings. The average Bonchev–Trinajstić information content (AvgIpc) is 2.51. The van der Waals surface area contributed by atoms with E-state index in [1.807, 2.05) is 42.5 Å². The van der Waals surface area contributed by atoms with Crippen LogP contribution in [0.15, 0.2) is 61.1 Å². The number of nitrogens with zero attached hydrogens (tertiary/aromatic N) is 3. The van der Waals surface area contributed by atoms with Crippen LogP contribution in [0, 0.1) is 0 Å². The molecule has 2 heterocycles.